The van der Waals surface area contributed by atoms with E-state index in [1.807, 2.05) is 32.0 Å². The van der Waals surface area contributed by atoms with Gasteiger partial charge in [0.25, 0.3) is 0 Å². The number of nitrogens with two attached hydrogens (primary N) is 1. The molecule has 2 aromatic carbocycles. The summed E-state index contributed by atoms with van der Waals surface area (Å²) in [6.45, 7) is 3.81. The van der Waals surface area contributed by atoms with E-state index in [0.717, 1.165) is 16.8 Å². The van der Waals surface area contributed by atoms with Gasteiger partial charge in [0.1, 0.15) is 17.4 Å². The molecule has 5 rings (SSSR count). The van der Waals surface area contributed by atoms with Crippen LogP contribution in [0.3, 0.4) is 0 Å². The molecule has 1 fully saturated rings. The Morgan fingerprint density at radius 1 is 1.29 bits per heavy atom. The van der Waals surface area contributed by atoms with Crippen LogP contribution in [0.4, 0.5) is 13.2 Å². The van der Waals surface area contributed by atoms with Crippen molar-refractivity contribution in [3.05, 3.63) is 59.3 Å². The van der Waals surface area contributed by atoms with E-state index in [-0.39, 0.29) is 18.2 Å². The predicted molar refractivity (Wildman–Crippen MR) is 121 cm³/mol. The van der Waals surface area contributed by atoms with E-state index < -0.39 is 29.8 Å². The Morgan fingerprint density at radius 3 is 2.74 bits per heavy atom. The molecule has 35 heavy (non-hydrogen) atoms. The monoisotopic (exact) mass is 487 g/mol. The maximum atomic E-state index is 13.5. The summed E-state index contributed by atoms with van der Waals surface area (Å²) < 4.78 is 48.5. The van der Waals surface area contributed by atoms with Gasteiger partial charge in [-0.15, -0.1) is 13.2 Å². The molecule has 7 nitrogen and oxygen atoms in total. The molecule has 0 aliphatic carbocycles. The first-order valence-electron chi connectivity index (χ1n) is 11.2. The number of amides is 2. The Labute approximate surface area is 199 Å². The van der Waals surface area contributed by atoms with E-state index in [2.05, 4.69) is 9.72 Å². The summed E-state index contributed by atoms with van der Waals surface area (Å²) in [5.74, 6) is -2.24. The number of carbonyl (C=O) groups is 2. The van der Waals surface area contributed by atoms with E-state index in [4.69, 9.17) is 10.5 Å². The van der Waals surface area contributed by atoms with Gasteiger partial charge in [0.05, 0.1) is 0 Å². The lowest BCUT2D eigenvalue weighted by Gasteiger charge is -2.52. The molecule has 184 valence electrons. The largest absolute Gasteiger partial charge is 0.573 e. The number of carbonyl (C=O) groups excluding carboxylic acids is 2. The van der Waals surface area contributed by atoms with Crippen LogP contribution in [-0.4, -0.2) is 40.3 Å². The Hall–Kier alpha value is -3.69. The maximum Gasteiger partial charge on any atom is 0.573 e. The number of likely N-dealkylation sites (tertiary alicyclic amines) is 1. The average molecular weight is 487 g/mol. The molecular weight excluding hydrogens is 463 g/mol. The minimum absolute atomic E-state index is 0.187. The number of halogens is 3. The summed E-state index contributed by atoms with van der Waals surface area (Å²) in [5, 5.41) is 0.568. The van der Waals surface area contributed by atoms with Gasteiger partial charge in [-0.3, -0.25) is 9.59 Å². The number of hydrogen-bond acceptors (Lipinski definition) is 4. The number of hydrogen-bond donors (Lipinski definition) is 2. The van der Waals surface area contributed by atoms with Crippen molar-refractivity contribution in [2.45, 2.75) is 44.7 Å². The second-order valence-electron chi connectivity index (χ2n) is 9.23. The second-order valence-corrected chi connectivity index (χ2v) is 9.23. The van der Waals surface area contributed by atoms with Gasteiger partial charge in [-0.1, -0.05) is 18.2 Å². The molecule has 2 bridgehead atoms. The Balaban J connectivity index is 1.48. The SMILES string of the molecule is Cc1[nH]c2ccc(OC(F)(F)F)cc2c1CCN1C(=O)C(C(N)=O)C2CC1(C)Oc1ccccc12. The van der Waals surface area contributed by atoms with Gasteiger partial charge in [0.15, 0.2) is 5.72 Å². The summed E-state index contributed by atoms with van der Waals surface area (Å²) in [6.07, 6.45) is -4.08. The first-order chi connectivity index (χ1) is 16.5. The molecular formula is C25H24F3N3O4. The number of aromatic amines is 1. The molecule has 3 heterocycles. The number of nitrogens with one attached hydrogen (secondary N) is 1. The normalized spacial score (nSPS) is 23.7. The molecule has 1 aromatic heterocycles. The number of para-hydroxylation sites is 1. The van der Waals surface area contributed by atoms with Gasteiger partial charge in [0.2, 0.25) is 11.8 Å². The van der Waals surface area contributed by atoms with Gasteiger partial charge >= 0.3 is 6.36 Å². The first kappa shape index (κ1) is 23.1. The highest BCUT2D eigenvalue weighted by atomic mass is 19.4. The van der Waals surface area contributed by atoms with Crippen molar-refractivity contribution in [2.75, 3.05) is 6.54 Å². The van der Waals surface area contributed by atoms with Gasteiger partial charge in [-0.25, -0.2) is 0 Å². The number of fused-ring (bicyclic) bond motifs is 5. The number of nitrogens with zero attached hydrogens (tertiary/aromatic N) is 1. The highest BCUT2D eigenvalue weighted by Gasteiger charge is 2.55. The van der Waals surface area contributed by atoms with Crippen LogP contribution < -0.4 is 15.2 Å². The van der Waals surface area contributed by atoms with E-state index in [0.29, 0.717) is 29.5 Å². The molecule has 3 unspecified atom stereocenters. The average Bonchev–Trinajstić information content (AvgIpc) is 3.06. The van der Waals surface area contributed by atoms with Crippen LogP contribution in [0, 0.1) is 12.8 Å². The molecule has 3 atom stereocenters. The van der Waals surface area contributed by atoms with E-state index in [9.17, 15) is 22.8 Å². The van der Waals surface area contributed by atoms with Crippen LogP contribution in [0.15, 0.2) is 42.5 Å². The zero-order valence-electron chi connectivity index (χ0n) is 19.1. The van der Waals surface area contributed by atoms with Crippen molar-refractivity contribution in [2.24, 2.45) is 11.7 Å². The van der Waals surface area contributed by atoms with Crippen molar-refractivity contribution in [3.63, 3.8) is 0 Å². The topological polar surface area (TPSA) is 97.6 Å². The Morgan fingerprint density at radius 2 is 2.03 bits per heavy atom. The summed E-state index contributed by atoms with van der Waals surface area (Å²) >= 11 is 0. The smallest absolute Gasteiger partial charge is 0.468 e. The lowest BCUT2D eigenvalue weighted by Crippen LogP contribution is -2.64. The van der Waals surface area contributed by atoms with Crippen molar-refractivity contribution >= 4 is 22.7 Å². The Kier molecular flexibility index (Phi) is 5.23. The summed E-state index contributed by atoms with van der Waals surface area (Å²) in [7, 11) is 0. The highest BCUT2D eigenvalue weighted by Crippen LogP contribution is 2.50. The molecule has 2 aliphatic heterocycles. The fraction of sp³-hybridized carbons (Fsp3) is 0.360. The minimum Gasteiger partial charge on any atom is -0.468 e. The van der Waals surface area contributed by atoms with Gasteiger partial charge in [-0.2, -0.15) is 0 Å². The minimum atomic E-state index is -4.80. The van der Waals surface area contributed by atoms with Crippen molar-refractivity contribution in [1.82, 2.24) is 9.88 Å². The number of alkyl halides is 3. The van der Waals surface area contributed by atoms with Crippen LogP contribution in [-0.2, 0) is 16.0 Å². The standard InChI is InChI=1S/C25H24F3N3O4/c1-13-15(17-11-14(34-25(26,27)28)7-8-19(17)30-13)9-10-31-23(33)21(22(29)32)18-12-24(31,2)35-20-6-4-3-5-16(18)20/h3-8,11,18,21,30H,9-10,12H2,1-2H3,(H2,29,32). The first-order valence-corrected chi connectivity index (χ1v) is 11.2. The quantitative estimate of drug-likeness (QED) is 0.529. The number of aryl methyl sites for hydroxylation is 1. The predicted octanol–water partition coefficient (Wildman–Crippen LogP) is 4.14. The van der Waals surface area contributed by atoms with Crippen molar-refractivity contribution in [3.8, 4) is 11.5 Å². The molecule has 2 amide bonds. The third kappa shape index (κ3) is 3.96. The molecule has 3 aromatic rings. The number of piperidine rings is 1. The van der Waals surface area contributed by atoms with E-state index >= 15 is 0 Å². The van der Waals surface area contributed by atoms with Crippen LogP contribution in [0.1, 0.15) is 36.1 Å². The number of ether oxygens (including phenoxy) is 2. The summed E-state index contributed by atoms with van der Waals surface area (Å²) in [5.41, 5.74) is 7.63. The van der Waals surface area contributed by atoms with Crippen LogP contribution in [0.2, 0.25) is 0 Å². The van der Waals surface area contributed by atoms with Crippen LogP contribution >= 0.6 is 0 Å². The lowest BCUT2D eigenvalue weighted by atomic mass is 9.73. The van der Waals surface area contributed by atoms with Gasteiger partial charge < -0.3 is 25.1 Å². The highest BCUT2D eigenvalue weighted by molar-refractivity contribution is 6.02. The van der Waals surface area contributed by atoms with Gasteiger partial charge in [0, 0.05) is 35.5 Å². The molecule has 0 saturated carbocycles. The number of primary amides is 1. The second kappa shape index (κ2) is 7.93. The zero-order valence-corrected chi connectivity index (χ0v) is 19.1. The maximum absolute atomic E-state index is 13.5. The number of H-pyrrole nitrogens is 1. The fourth-order valence-corrected chi connectivity index (χ4v) is 5.48. The molecule has 1 saturated heterocycles. The third-order valence-corrected chi connectivity index (χ3v) is 6.97. The third-order valence-electron chi connectivity index (χ3n) is 6.97. The molecule has 3 N–H and O–H groups in total. The number of benzene rings is 2. The Bertz CT molecular complexity index is 1340. The molecule has 0 spiro atoms. The fourth-order valence-electron chi connectivity index (χ4n) is 5.48. The summed E-state index contributed by atoms with van der Waals surface area (Å²) in [4.78, 5) is 30.6. The molecule has 0 radical (unpaired) electrons. The van der Waals surface area contributed by atoms with Crippen molar-refractivity contribution in [1.29, 1.82) is 0 Å². The number of aromatic nitrogens is 1. The van der Waals surface area contributed by atoms with Crippen LogP contribution in [0.25, 0.3) is 10.9 Å². The molecule has 2 aliphatic rings. The van der Waals surface area contributed by atoms with Crippen molar-refractivity contribution < 1.29 is 32.2 Å². The van der Waals surface area contributed by atoms with Crippen LogP contribution in [0.5, 0.6) is 11.5 Å². The lowest BCUT2D eigenvalue weighted by molar-refractivity contribution is -0.274. The van der Waals surface area contributed by atoms with Gasteiger partial charge in [-0.05, 0) is 55.7 Å². The summed E-state index contributed by atoms with van der Waals surface area (Å²) in [6, 6.07) is 11.4. The number of rotatable bonds is 5. The van der Waals surface area contributed by atoms with E-state index in [1.165, 1.54) is 23.1 Å². The molecule has 10 heteroatoms. The zero-order chi connectivity index (χ0) is 25.1. The van der Waals surface area contributed by atoms with E-state index in [1.54, 1.807) is 6.07 Å².